The van der Waals surface area contributed by atoms with Gasteiger partial charge in [-0.05, 0) is 59.7 Å². The van der Waals surface area contributed by atoms with E-state index in [9.17, 15) is 43.0 Å². The fourth-order valence-corrected chi connectivity index (χ4v) is 6.43. The normalized spacial score (nSPS) is 11.3. The van der Waals surface area contributed by atoms with Crippen LogP contribution in [0.5, 0.6) is 5.75 Å². The third-order valence-corrected chi connectivity index (χ3v) is 9.43. The third kappa shape index (κ3) is 8.52. The Labute approximate surface area is 339 Å². The molecule has 4 aromatic carbocycles. The molecule has 0 bridgehead atoms. The first kappa shape index (κ1) is 40.3. The van der Waals surface area contributed by atoms with Crippen molar-refractivity contribution in [3.8, 4) is 33.9 Å². The molecule has 2 heterocycles. The van der Waals surface area contributed by atoms with Gasteiger partial charge in [-0.15, -0.1) is 0 Å². The Morgan fingerprint density at radius 1 is 0.817 bits per heavy atom. The van der Waals surface area contributed by atoms with E-state index in [1.54, 1.807) is 59.3 Å². The van der Waals surface area contributed by atoms with Crippen LogP contribution in [-0.4, -0.2) is 50.4 Å². The van der Waals surface area contributed by atoms with Crippen LogP contribution in [0.3, 0.4) is 0 Å². The monoisotopic (exact) mass is 814 g/mol. The first-order chi connectivity index (χ1) is 28.5. The number of urea groups is 1. The summed E-state index contributed by atoms with van der Waals surface area (Å²) in [5.74, 6) is -5.61. The molecular formula is C44H36F2N6O8. The number of nitrogens with one attached hydrogen (secondary N) is 4. The number of carboxylic acid groups (broad SMARTS) is 1. The molecule has 7 rings (SSSR count). The molecule has 5 aromatic rings. The Hall–Kier alpha value is -7.88. The molecule has 0 saturated heterocycles. The number of carbonyl (C=O) groups excluding carboxylic acids is 3. The molecule has 304 valence electrons. The number of hydrogen-bond donors (Lipinski definition) is 6. The second-order valence-electron chi connectivity index (χ2n) is 14.8. The molecule has 16 heteroatoms. The lowest BCUT2D eigenvalue weighted by Crippen LogP contribution is -2.36. The van der Waals surface area contributed by atoms with E-state index in [1.165, 1.54) is 12.1 Å². The van der Waals surface area contributed by atoms with Crippen LogP contribution in [0.1, 0.15) is 52.7 Å². The van der Waals surface area contributed by atoms with E-state index in [0.717, 1.165) is 36.0 Å². The second-order valence-corrected chi connectivity index (χ2v) is 14.8. The summed E-state index contributed by atoms with van der Waals surface area (Å²) >= 11 is 0. The van der Waals surface area contributed by atoms with Gasteiger partial charge in [0.1, 0.15) is 17.2 Å². The topological polar surface area (TPSA) is 205 Å². The van der Waals surface area contributed by atoms with Crippen LogP contribution in [0.4, 0.5) is 25.1 Å². The first-order valence-corrected chi connectivity index (χ1v) is 18.4. The van der Waals surface area contributed by atoms with Crippen LogP contribution >= 0.6 is 0 Å². The Morgan fingerprint density at radius 3 is 2.32 bits per heavy atom. The van der Waals surface area contributed by atoms with E-state index in [2.05, 4.69) is 21.3 Å². The number of hydrogen-bond acceptors (Lipinski definition) is 8. The predicted octanol–water partition coefficient (Wildman–Crippen LogP) is 7.42. The minimum Gasteiger partial charge on any atom is -0.505 e. The van der Waals surface area contributed by atoms with Gasteiger partial charge in [-0.25, -0.2) is 23.1 Å². The molecule has 1 aromatic heterocycles. The standard InChI is InChI=1S/C44H36F2N6O8/c1-44(2,3)37-20-38(50-43(59)49-25-9-5-4-6-10-25)52(51-37)26-11-7-8-23(14-26)21-47-39(55)22-48-41(56)24-12-13-27(28(15-24)42(57)58)40-29-16-31(45)33(53)18-35(29)60-36-19-34(54)32(46)17-30(36)40/h4-20,53H,21-22H2,1-3H3,(H,47,55)(H,48,56)(H,57,58)(H2,49,50,59). The van der Waals surface area contributed by atoms with Crippen LogP contribution in [0.25, 0.3) is 39.1 Å². The van der Waals surface area contributed by atoms with Crippen molar-refractivity contribution < 1.29 is 42.6 Å². The Kier molecular flexibility index (Phi) is 10.9. The van der Waals surface area contributed by atoms with Crippen LogP contribution in [-0.2, 0) is 16.8 Å². The van der Waals surface area contributed by atoms with E-state index >= 15 is 0 Å². The Balaban J connectivity index is 1.06. The maximum atomic E-state index is 14.6. The molecule has 0 spiro atoms. The first-order valence-electron chi connectivity index (χ1n) is 18.4. The van der Waals surface area contributed by atoms with Gasteiger partial charge in [0.25, 0.3) is 5.91 Å². The number of benzene rings is 5. The lowest BCUT2D eigenvalue weighted by atomic mass is 9.89. The van der Waals surface area contributed by atoms with Gasteiger partial charge in [-0.2, -0.15) is 5.10 Å². The van der Waals surface area contributed by atoms with Crippen molar-refractivity contribution in [2.45, 2.75) is 32.7 Å². The van der Waals surface area contributed by atoms with Gasteiger partial charge >= 0.3 is 12.0 Å². The zero-order chi connectivity index (χ0) is 42.9. The zero-order valence-electron chi connectivity index (χ0n) is 32.2. The molecule has 0 fully saturated rings. The fraction of sp³-hybridized carbons (Fsp3) is 0.136. The quantitative estimate of drug-likeness (QED) is 0.0759. The summed E-state index contributed by atoms with van der Waals surface area (Å²) in [7, 11) is 0. The highest BCUT2D eigenvalue weighted by Gasteiger charge is 2.26. The van der Waals surface area contributed by atoms with Gasteiger partial charge in [0, 0.05) is 57.9 Å². The molecule has 0 unspecified atom stereocenters. The van der Waals surface area contributed by atoms with E-state index in [4.69, 9.17) is 9.52 Å². The number of carbonyl (C=O) groups is 4. The van der Waals surface area contributed by atoms with Crippen LogP contribution < -0.4 is 26.7 Å². The minimum atomic E-state index is -1.50. The van der Waals surface area contributed by atoms with Gasteiger partial charge in [-0.1, -0.05) is 57.2 Å². The molecule has 0 saturated carbocycles. The van der Waals surface area contributed by atoms with Gasteiger partial charge in [-0.3, -0.25) is 19.7 Å². The average molecular weight is 815 g/mol. The number of fused-ring (bicyclic) bond motifs is 2. The maximum Gasteiger partial charge on any atom is 0.336 e. The SMILES string of the molecule is CC(C)(C)c1cc(NC(=O)Nc2ccccc2)n(-c2cccc(CNC(=O)CNC(=O)c3ccc(-c4c5cc(F)c(=O)cc-5oc5cc(O)c(F)cc45)c(C(=O)O)c3)c2)n1. The highest BCUT2D eigenvalue weighted by atomic mass is 19.1. The number of phenolic OH excluding ortho intramolecular Hbond substituents is 1. The summed E-state index contributed by atoms with van der Waals surface area (Å²) in [5, 5.41) is 35.8. The number of rotatable bonds is 10. The van der Waals surface area contributed by atoms with Gasteiger partial charge in [0.05, 0.1) is 23.5 Å². The number of amides is 4. The molecular weight excluding hydrogens is 779 g/mol. The highest BCUT2D eigenvalue weighted by molar-refractivity contribution is 6.09. The summed E-state index contributed by atoms with van der Waals surface area (Å²) in [6.45, 7) is 5.57. The Bertz CT molecular complexity index is 2870. The summed E-state index contributed by atoms with van der Waals surface area (Å²) in [5.41, 5.74) is 0.392. The smallest absolute Gasteiger partial charge is 0.336 e. The fourth-order valence-electron chi connectivity index (χ4n) is 6.43. The maximum absolute atomic E-state index is 14.6. The molecule has 4 amide bonds. The van der Waals surface area contributed by atoms with E-state index in [1.807, 2.05) is 26.8 Å². The lowest BCUT2D eigenvalue weighted by molar-refractivity contribution is -0.120. The highest BCUT2D eigenvalue weighted by Crippen LogP contribution is 2.43. The number of halogens is 2. The number of anilines is 2. The minimum absolute atomic E-state index is 0.0277. The molecule has 0 atom stereocenters. The van der Waals surface area contributed by atoms with Gasteiger partial charge < -0.3 is 30.6 Å². The lowest BCUT2D eigenvalue weighted by Gasteiger charge is -2.17. The average Bonchev–Trinajstić information content (AvgIpc) is 3.64. The number of aromatic nitrogens is 2. The Morgan fingerprint density at radius 2 is 1.58 bits per heavy atom. The van der Waals surface area contributed by atoms with E-state index < -0.39 is 58.7 Å². The number of aromatic hydroxyl groups is 1. The molecule has 1 aliphatic carbocycles. The number of carboxylic acids is 1. The zero-order valence-corrected chi connectivity index (χ0v) is 32.2. The number of aromatic carboxylic acids is 1. The predicted molar refractivity (Wildman–Crippen MR) is 219 cm³/mol. The van der Waals surface area contributed by atoms with Crippen molar-refractivity contribution in [2.75, 3.05) is 17.2 Å². The second kappa shape index (κ2) is 16.2. The summed E-state index contributed by atoms with van der Waals surface area (Å²) < 4.78 is 36.4. The molecule has 1 aliphatic heterocycles. The van der Waals surface area contributed by atoms with Crippen molar-refractivity contribution in [2.24, 2.45) is 0 Å². The molecule has 60 heavy (non-hydrogen) atoms. The number of phenols is 1. The molecule has 0 radical (unpaired) electrons. The van der Waals surface area contributed by atoms with Crippen molar-refractivity contribution >= 4 is 46.3 Å². The largest absolute Gasteiger partial charge is 0.505 e. The molecule has 6 N–H and O–H groups in total. The summed E-state index contributed by atoms with van der Waals surface area (Å²) in [6.07, 6.45) is 0. The number of nitrogens with zero attached hydrogens (tertiary/aromatic N) is 2. The van der Waals surface area contributed by atoms with E-state index in [-0.39, 0.29) is 50.9 Å². The van der Waals surface area contributed by atoms with Crippen molar-refractivity contribution in [1.82, 2.24) is 20.4 Å². The van der Waals surface area contributed by atoms with Gasteiger partial charge in [0.2, 0.25) is 11.3 Å². The third-order valence-electron chi connectivity index (χ3n) is 9.43. The van der Waals surface area contributed by atoms with Gasteiger partial charge in [0.15, 0.2) is 17.4 Å². The van der Waals surface area contributed by atoms with E-state index in [0.29, 0.717) is 22.8 Å². The number of para-hydroxylation sites is 1. The summed E-state index contributed by atoms with van der Waals surface area (Å²) in [4.78, 5) is 63.7. The molecule has 2 aliphatic rings. The van der Waals surface area contributed by atoms with Crippen LogP contribution in [0, 0.1) is 11.6 Å². The molecule has 14 nitrogen and oxygen atoms in total. The summed E-state index contributed by atoms with van der Waals surface area (Å²) in [6, 6.07) is 24.5. The van der Waals surface area contributed by atoms with Crippen LogP contribution in [0.15, 0.2) is 112 Å². The van der Waals surface area contributed by atoms with Crippen molar-refractivity contribution in [3.05, 3.63) is 147 Å². The van der Waals surface area contributed by atoms with Crippen LogP contribution in [0.2, 0.25) is 0 Å². The van der Waals surface area contributed by atoms with Crippen molar-refractivity contribution in [3.63, 3.8) is 0 Å². The van der Waals surface area contributed by atoms with Crippen molar-refractivity contribution in [1.29, 1.82) is 0 Å².